The van der Waals surface area contributed by atoms with Gasteiger partial charge in [-0.25, -0.2) is 18.1 Å². The Bertz CT molecular complexity index is 2090. The molecule has 12 nitrogen and oxygen atoms in total. The third kappa shape index (κ3) is 6.27. The normalized spacial score (nSPS) is 16.9. The highest BCUT2D eigenvalue weighted by Crippen LogP contribution is 2.36. The van der Waals surface area contributed by atoms with E-state index in [-0.39, 0.29) is 11.3 Å². The number of aromatic amines is 1. The van der Waals surface area contributed by atoms with Gasteiger partial charge in [-0.3, -0.25) is 19.8 Å². The van der Waals surface area contributed by atoms with Crippen molar-refractivity contribution in [2.45, 2.75) is 30.2 Å². The number of benzene rings is 3. The molecule has 3 heterocycles. The summed E-state index contributed by atoms with van der Waals surface area (Å²) in [6, 6.07) is 22.3. The van der Waals surface area contributed by atoms with E-state index in [1.807, 2.05) is 10.8 Å². The SMILES string of the molecule is O=C(NS(=O)(=O)c1cccc([N+](=O)[O-])c1)c1ccc(N2CCN([C@@H]3CCCc4ccccc43)CC2)cc1Oc1cnc2[nH]ccc2c1. The number of non-ortho nitro benzene ring substituents is 1. The first-order valence-corrected chi connectivity index (χ1v) is 16.9. The number of hydrogen-bond donors (Lipinski definition) is 2. The maximum atomic E-state index is 13.5. The van der Waals surface area contributed by atoms with Crippen LogP contribution in [0.3, 0.4) is 0 Å². The number of pyridine rings is 1. The molecule has 1 aliphatic heterocycles. The van der Waals surface area contributed by atoms with Crippen molar-refractivity contribution < 1.29 is 22.9 Å². The molecule has 0 spiro atoms. The number of piperazine rings is 1. The molecule has 1 atom stereocenters. The van der Waals surface area contributed by atoms with Crippen molar-refractivity contribution in [3.05, 3.63) is 118 Å². The van der Waals surface area contributed by atoms with Gasteiger partial charge in [0.05, 0.1) is 21.6 Å². The third-order valence-corrected chi connectivity index (χ3v) is 10.2. The summed E-state index contributed by atoms with van der Waals surface area (Å²) in [5.41, 5.74) is 3.93. The molecule has 2 aliphatic rings. The molecular formula is C34H32N6O6S. The number of carbonyl (C=O) groups is 1. The van der Waals surface area contributed by atoms with Gasteiger partial charge in [0.15, 0.2) is 0 Å². The number of rotatable bonds is 8. The fraction of sp³-hybridized carbons (Fsp3) is 0.235. The molecule has 1 fully saturated rings. The molecule has 2 N–H and O–H groups in total. The molecule has 240 valence electrons. The first-order chi connectivity index (χ1) is 22.7. The zero-order valence-electron chi connectivity index (χ0n) is 25.3. The second kappa shape index (κ2) is 12.5. The second-order valence-electron chi connectivity index (χ2n) is 11.7. The van der Waals surface area contributed by atoms with Gasteiger partial charge < -0.3 is 14.6 Å². The largest absolute Gasteiger partial charge is 0.455 e. The Balaban J connectivity index is 1.15. The lowest BCUT2D eigenvalue weighted by molar-refractivity contribution is -0.385. The number of H-pyrrole nitrogens is 1. The second-order valence-corrected chi connectivity index (χ2v) is 13.4. The Morgan fingerprint density at radius 2 is 1.83 bits per heavy atom. The Morgan fingerprint density at radius 3 is 2.66 bits per heavy atom. The number of nitro groups is 1. The van der Waals surface area contributed by atoms with E-state index in [1.165, 1.54) is 48.0 Å². The van der Waals surface area contributed by atoms with Crippen LogP contribution in [0.2, 0.25) is 0 Å². The van der Waals surface area contributed by atoms with Crippen LogP contribution in [-0.2, 0) is 16.4 Å². The summed E-state index contributed by atoms with van der Waals surface area (Å²) in [5, 5.41) is 12.0. The molecule has 0 saturated carbocycles. The molecule has 7 rings (SSSR count). The number of nitrogens with one attached hydrogen (secondary N) is 2. The van der Waals surface area contributed by atoms with Gasteiger partial charge in [0, 0.05) is 67.7 Å². The maximum absolute atomic E-state index is 13.5. The quantitative estimate of drug-likeness (QED) is 0.162. The van der Waals surface area contributed by atoms with Crippen LogP contribution in [0, 0.1) is 10.1 Å². The number of fused-ring (bicyclic) bond motifs is 2. The van der Waals surface area contributed by atoms with Gasteiger partial charge in [0.25, 0.3) is 21.6 Å². The number of anilines is 1. The molecule has 0 unspecified atom stereocenters. The summed E-state index contributed by atoms with van der Waals surface area (Å²) in [4.78, 5) is 35.8. The minimum absolute atomic E-state index is 0.0191. The minimum Gasteiger partial charge on any atom is -0.455 e. The number of nitrogens with zero attached hydrogens (tertiary/aromatic N) is 4. The topological polar surface area (TPSA) is 151 Å². The van der Waals surface area contributed by atoms with E-state index in [1.54, 1.807) is 24.4 Å². The molecule has 47 heavy (non-hydrogen) atoms. The van der Waals surface area contributed by atoms with Crippen molar-refractivity contribution in [2.24, 2.45) is 0 Å². The lowest BCUT2D eigenvalue weighted by Gasteiger charge is -2.42. The molecule has 0 bridgehead atoms. The zero-order chi connectivity index (χ0) is 32.5. The number of hydrogen-bond acceptors (Lipinski definition) is 9. The molecule has 13 heteroatoms. The Hall–Kier alpha value is -5.27. The Morgan fingerprint density at radius 1 is 1.00 bits per heavy atom. The summed E-state index contributed by atoms with van der Waals surface area (Å²) in [6.07, 6.45) is 6.71. The number of sulfonamides is 1. The lowest BCUT2D eigenvalue weighted by atomic mass is 9.86. The highest BCUT2D eigenvalue weighted by Gasteiger charge is 2.29. The van der Waals surface area contributed by atoms with Crippen LogP contribution < -0.4 is 14.4 Å². The van der Waals surface area contributed by atoms with E-state index in [0.717, 1.165) is 56.2 Å². The van der Waals surface area contributed by atoms with Gasteiger partial charge in [-0.05, 0) is 60.7 Å². The van der Waals surface area contributed by atoms with Crippen LogP contribution in [0.4, 0.5) is 11.4 Å². The average Bonchev–Trinajstić information content (AvgIpc) is 3.56. The van der Waals surface area contributed by atoms with Crippen LogP contribution in [-0.4, -0.2) is 60.3 Å². The number of nitro benzene ring substituents is 1. The van der Waals surface area contributed by atoms with Crippen molar-refractivity contribution in [3.8, 4) is 11.5 Å². The molecular weight excluding hydrogens is 620 g/mol. The Labute approximate surface area is 271 Å². The minimum atomic E-state index is -4.44. The number of amides is 1. The van der Waals surface area contributed by atoms with E-state index < -0.39 is 31.4 Å². The Kier molecular flexibility index (Phi) is 8.08. The molecule has 3 aromatic carbocycles. The van der Waals surface area contributed by atoms with Crippen LogP contribution in [0.25, 0.3) is 11.0 Å². The molecule has 5 aromatic rings. The van der Waals surface area contributed by atoms with Gasteiger partial charge in [0.2, 0.25) is 0 Å². The summed E-state index contributed by atoms with van der Waals surface area (Å²) in [7, 11) is -4.44. The van der Waals surface area contributed by atoms with Crippen LogP contribution >= 0.6 is 0 Å². The summed E-state index contributed by atoms with van der Waals surface area (Å²) >= 11 is 0. The summed E-state index contributed by atoms with van der Waals surface area (Å²) < 4.78 is 34.5. The van der Waals surface area contributed by atoms with Crippen molar-refractivity contribution in [3.63, 3.8) is 0 Å². The molecule has 1 aliphatic carbocycles. The molecule has 1 saturated heterocycles. The standard InChI is InChI=1S/C34H32N6O6S/c41-34(37-47(44,45)28-8-4-7-26(20-28)40(42)43)30-12-11-25(21-32(30)46-27-19-24-13-14-35-33(24)36-22-27)38-15-17-39(18-16-38)31-10-3-6-23-5-1-2-9-29(23)31/h1-2,4-5,7-9,11-14,19-22,31H,3,6,10,15-18H2,(H,35,36)(H,37,41)/t31-/m1/s1. The molecule has 0 radical (unpaired) electrons. The maximum Gasteiger partial charge on any atom is 0.270 e. The van der Waals surface area contributed by atoms with E-state index >= 15 is 0 Å². The van der Waals surface area contributed by atoms with Crippen LogP contribution in [0.15, 0.2) is 96.2 Å². The smallest absolute Gasteiger partial charge is 0.270 e. The zero-order valence-corrected chi connectivity index (χ0v) is 26.2. The van der Waals surface area contributed by atoms with E-state index in [9.17, 15) is 23.3 Å². The lowest BCUT2D eigenvalue weighted by Crippen LogP contribution is -2.48. The highest BCUT2D eigenvalue weighted by molar-refractivity contribution is 7.90. The number of carbonyl (C=O) groups excluding carboxylic acids is 1. The van der Waals surface area contributed by atoms with Crippen molar-refractivity contribution in [1.29, 1.82) is 0 Å². The summed E-state index contributed by atoms with van der Waals surface area (Å²) in [6.45, 7) is 3.27. The summed E-state index contributed by atoms with van der Waals surface area (Å²) in [5.74, 6) is -0.422. The number of aryl methyl sites for hydroxylation is 1. The fourth-order valence-electron chi connectivity index (χ4n) is 6.48. The third-order valence-electron chi connectivity index (χ3n) is 8.84. The highest BCUT2D eigenvalue weighted by atomic mass is 32.2. The number of ether oxygens (including phenoxy) is 1. The monoisotopic (exact) mass is 652 g/mol. The van der Waals surface area contributed by atoms with Crippen molar-refractivity contribution >= 4 is 38.3 Å². The number of aromatic nitrogens is 2. The van der Waals surface area contributed by atoms with E-state index in [2.05, 4.69) is 44.0 Å². The average molecular weight is 653 g/mol. The fourth-order valence-corrected chi connectivity index (χ4v) is 7.49. The van der Waals surface area contributed by atoms with Gasteiger partial charge in [-0.1, -0.05) is 30.3 Å². The first kappa shape index (κ1) is 30.4. The van der Waals surface area contributed by atoms with Crippen LogP contribution in [0.5, 0.6) is 11.5 Å². The van der Waals surface area contributed by atoms with Crippen molar-refractivity contribution in [1.82, 2.24) is 19.6 Å². The van der Waals surface area contributed by atoms with Gasteiger partial charge in [0.1, 0.15) is 17.1 Å². The predicted molar refractivity (Wildman–Crippen MR) is 176 cm³/mol. The van der Waals surface area contributed by atoms with Gasteiger partial charge in [-0.15, -0.1) is 0 Å². The van der Waals surface area contributed by atoms with E-state index in [4.69, 9.17) is 4.74 Å². The van der Waals surface area contributed by atoms with Crippen LogP contribution in [0.1, 0.15) is 40.4 Å². The molecule has 2 aromatic heterocycles. The van der Waals surface area contributed by atoms with E-state index in [0.29, 0.717) is 17.4 Å². The van der Waals surface area contributed by atoms with Crippen molar-refractivity contribution in [2.75, 3.05) is 31.1 Å². The first-order valence-electron chi connectivity index (χ1n) is 15.4. The van der Waals surface area contributed by atoms with Gasteiger partial charge >= 0.3 is 0 Å². The van der Waals surface area contributed by atoms with Gasteiger partial charge in [-0.2, -0.15) is 0 Å². The predicted octanol–water partition coefficient (Wildman–Crippen LogP) is 5.58. The molecule has 1 amide bonds.